The fraction of sp³-hybridized carbons (Fsp3) is 0.0769. The van der Waals surface area contributed by atoms with Crippen LogP contribution in [0.2, 0.25) is 0 Å². The number of amides is 1. The molecular formula is C13H11FN2O. The van der Waals surface area contributed by atoms with Gasteiger partial charge in [0.2, 0.25) is 0 Å². The summed E-state index contributed by atoms with van der Waals surface area (Å²) in [4.78, 5) is 15.6. The van der Waals surface area contributed by atoms with Crippen molar-refractivity contribution in [1.29, 1.82) is 0 Å². The molecule has 4 heteroatoms. The molecular weight excluding hydrogens is 219 g/mol. The minimum Gasteiger partial charge on any atom is -0.321 e. The van der Waals surface area contributed by atoms with Gasteiger partial charge < -0.3 is 5.32 Å². The Labute approximate surface area is 98.3 Å². The van der Waals surface area contributed by atoms with Crippen molar-refractivity contribution in [2.45, 2.75) is 6.92 Å². The number of aryl methyl sites for hydroxylation is 1. The van der Waals surface area contributed by atoms with E-state index in [1.54, 1.807) is 37.4 Å². The van der Waals surface area contributed by atoms with E-state index >= 15 is 0 Å². The van der Waals surface area contributed by atoms with E-state index in [4.69, 9.17) is 0 Å². The van der Waals surface area contributed by atoms with E-state index in [-0.39, 0.29) is 17.3 Å². The third-order valence-electron chi connectivity index (χ3n) is 2.35. The molecule has 0 aliphatic carbocycles. The average Bonchev–Trinajstić information content (AvgIpc) is 2.34. The zero-order valence-corrected chi connectivity index (χ0v) is 9.27. The maximum Gasteiger partial charge on any atom is 0.255 e. The van der Waals surface area contributed by atoms with Gasteiger partial charge in [0.05, 0.1) is 11.9 Å². The largest absolute Gasteiger partial charge is 0.321 e. The molecule has 0 fully saturated rings. The molecule has 1 aromatic carbocycles. The zero-order valence-electron chi connectivity index (χ0n) is 9.27. The zero-order chi connectivity index (χ0) is 12.3. The third kappa shape index (κ3) is 2.66. The number of hydrogen-bond acceptors (Lipinski definition) is 2. The van der Waals surface area contributed by atoms with E-state index in [0.29, 0.717) is 11.3 Å². The minimum absolute atomic E-state index is 0.289. The van der Waals surface area contributed by atoms with E-state index in [1.165, 1.54) is 12.3 Å². The number of carbonyl (C=O) groups is 1. The summed E-state index contributed by atoms with van der Waals surface area (Å²) in [6.07, 6.45) is 3.14. The molecule has 1 heterocycles. The Bertz CT molecular complexity index is 540. The first-order chi connectivity index (χ1) is 8.16. The summed E-state index contributed by atoms with van der Waals surface area (Å²) in [6, 6.07) is 7.82. The SMILES string of the molecule is Cc1ccc(C(=O)Nc2cccnc2)cc1F. The molecule has 86 valence electrons. The molecule has 0 atom stereocenters. The van der Waals surface area contributed by atoms with Gasteiger partial charge in [-0.3, -0.25) is 9.78 Å². The Morgan fingerprint density at radius 3 is 2.82 bits per heavy atom. The van der Waals surface area contributed by atoms with Crippen LogP contribution in [-0.4, -0.2) is 10.9 Å². The summed E-state index contributed by atoms with van der Waals surface area (Å²) in [7, 11) is 0. The van der Waals surface area contributed by atoms with Gasteiger partial charge >= 0.3 is 0 Å². The first kappa shape index (κ1) is 11.3. The number of pyridine rings is 1. The van der Waals surface area contributed by atoms with E-state index in [9.17, 15) is 9.18 Å². The Morgan fingerprint density at radius 2 is 2.18 bits per heavy atom. The number of aromatic nitrogens is 1. The lowest BCUT2D eigenvalue weighted by molar-refractivity contribution is 0.102. The van der Waals surface area contributed by atoms with Gasteiger partial charge in [-0.25, -0.2) is 4.39 Å². The molecule has 2 aromatic rings. The molecule has 0 bridgehead atoms. The number of rotatable bonds is 2. The van der Waals surface area contributed by atoms with Crippen LogP contribution in [0.15, 0.2) is 42.7 Å². The Balaban J connectivity index is 2.18. The molecule has 1 amide bonds. The Morgan fingerprint density at radius 1 is 1.35 bits per heavy atom. The third-order valence-corrected chi connectivity index (χ3v) is 2.35. The van der Waals surface area contributed by atoms with Crippen molar-refractivity contribution in [1.82, 2.24) is 4.98 Å². The van der Waals surface area contributed by atoms with Gasteiger partial charge in [-0.15, -0.1) is 0 Å². The van der Waals surface area contributed by atoms with Crippen molar-refractivity contribution in [3.05, 3.63) is 59.7 Å². The van der Waals surface area contributed by atoms with Crippen LogP contribution in [0.5, 0.6) is 0 Å². The van der Waals surface area contributed by atoms with Crippen LogP contribution in [0.3, 0.4) is 0 Å². The van der Waals surface area contributed by atoms with Crippen molar-refractivity contribution >= 4 is 11.6 Å². The van der Waals surface area contributed by atoms with Gasteiger partial charge in [0.25, 0.3) is 5.91 Å². The van der Waals surface area contributed by atoms with Gasteiger partial charge in [0.15, 0.2) is 0 Å². The molecule has 0 saturated heterocycles. The Kier molecular flexibility index (Phi) is 3.14. The van der Waals surface area contributed by atoms with E-state index in [1.807, 2.05) is 0 Å². The summed E-state index contributed by atoms with van der Waals surface area (Å²) < 4.78 is 13.3. The molecule has 1 aromatic heterocycles. The Hall–Kier alpha value is -2.23. The molecule has 0 unspecified atom stereocenters. The number of anilines is 1. The molecule has 0 aliphatic rings. The van der Waals surface area contributed by atoms with Crippen LogP contribution >= 0.6 is 0 Å². The van der Waals surface area contributed by atoms with E-state index in [0.717, 1.165) is 0 Å². The molecule has 0 saturated carbocycles. The van der Waals surface area contributed by atoms with Crippen molar-refractivity contribution in [3.8, 4) is 0 Å². The smallest absolute Gasteiger partial charge is 0.255 e. The summed E-state index contributed by atoms with van der Waals surface area (Å²) >= 11 is 0. The molecule has 2 rings (SSSR count). The topological polar surface area (TPSA) is 42.0 Å². The second-order valence-electron chi connectivity index (χ2n) is 3.66. The summed E-state index contributed by atoms with van der Waals surface area (Å²) in [6.45, 7) is 1.65. The first-order valence-electron chi connectivity index (χ1n) is 5.14. The lowest BCUT2D eigenvalue weighted by Crippen LogP contribution is -2.12. The van der Waals surface area contributed by atoms with Gasteiger partial charge in [-0.2, -0.15) is 0 Å². The molecule has 0 spiro atoms. The molecule has 0 aliphatic heterocycles. The van der Waals surface area contributed by atoms with Gasteiger partial charge in [-0.1, -0.05) is 6.07 Å². The van der Waals surface area contributed by atoms with Crippen LogP contribution in [0.4, 0.5) is 10.1 Å². The van der Waals surface area contributed by atoms with Gasteiger partial charge in [0.1, 0.15) is 5.82 Å². The minimum atomic E-state index is -0.385. The number of nitrogens with zero attached hydrogens (tertiary/aromatic N) is 1. The van der Waals surface area contributed by atoms with Crippen molar-refractivity contribution in [2.75, 3.05) is 5.32 Å². The van der Waals surface area contributed by atoms with Gasteiger partial charge in [0, 0.05) is 11.8 Å². The summed E-state index contributed by atoms with van der Waals surface area (Å²) in [5.74, 6) is -0.735. The van der Waals surface area contributed by atoms with Crippen LogP contribution in [0.25, 0.3) is 0 Å². The predicted molar refractivity (Wildman–Crippen MR) is 63.3 cm³/mol. The maximum atomic E-state index is 13.3. The van der Waals surface area contributed by atoms with Crippen LogP contribution in [0, 0.1) is 12.7 Å². The van der Waals surface area contributed by atoms with Crippen molar-refractivity contribution in [3.63, 3.8) is 0 Å². The molecule has 3 nitrogen and oxygen atoms in total. The van der Waals surface area contributed by atoms with E-state index < -0.39 is 0 Å². The average molecular weight is 230 g/mol. The number of benzene rings is 1. The highest BCUT2D eigenvalue weighted by Crippen LogP contribution is 2.11. The number of nitrogens with one attached hydrogen (secondary N) is 1. The lowest BCUT2D eigenvalue weighted by Gasteiger charge is -2.05. The maximum absolute atomic E-state index is 13.3. The highest BCUT2D eigenvalue weighted by atomic mass is 19.1. The number of hydrogen-bond donors (Lipinski definition) is 1. The molecule has 17 heavy (non-hydrogen) atoms. The fourth-order valence-electron chi connectivity index (χ4n) is 1.37. The predicted octanol–water partition coefficient (Wildman–Crippen LogP) is 2.78. The van der Waals surface area contributed by atoms with Crippen LogP contribution < -0.4 is 5.32 Å². The first-order valence-corrected chi connectivity index (χ1v) is 5.14. The number of carbonyl (C=O) groups excluding carboxylic acids is 1. The summed E-state index contributed by atoms with van der Waals surface area (Å²) in [5.41, 5.74) is 1.39. The highest BCUT2D eigenvalue weighted by molar-refractivity contribution is 6.04. The highest BCUT2D eigenvalue weighted by Gasteiger charge is 2.08. The molecule has 1 N–H and O–H groups in total. The fourth-order valence-corrected chi connectivity index (χ4v) is 1.37. The second-order valence-corrected chi connectivity index (χ2v) is 3.66. The van der Waals surface area contributed by atoms with Crippen LogP contribution in [0.1, 0.15) is 15.9 Å². The second kappa shape index (κ2) is 4.74. The normalized spacial score (nSPS) is 10.0. The quantitative estimate of drug-likeness (QED) is 0.861. The lowest BCUT2D eigenvalue weighted by atomic mass is 10.1. The van der Waals surface area contributed by atoms with Crippen LogP contribution in [-0.2, 0) is 0 Å². The van der Waals surface area contributed by atoms with Crippen molar-refractivity contribution in [2.24, 2.45) is 0 Å². The summed E-state index contributed by atoms with van der Waals surface area (Å²) in [5, 5.41) is 2.64. The van der Waals surface area contributed by atoms with Gasteiger partial charge in [-0.05, 0) is 36.8 Å². The van der Waals surface area contributed by atoms with Crippen molar-refractivity contribution < 1.29 is 9.18 Å². The molecule has 0 radical (unpaired) electrons. The van der Waals surface area contributed by atoms with E-state index in [2.05, 4.69) is 10.3 Å². The monoisotopic (exact) mass is 230 g/mol. The number of halogens is 1. The standard InChI is InChI=1S/C13H11FN2O/c1-9-4-5-10(7-12(9)14)13(17)16-11-3-2-6-15-8-11/h2-8H,1H3,(H,16,17).